The second-order valence-electron chi connectivity index (χ2n) is 8.17. The maximum Gasteiger partial charge on any atom is 0.341 e. The number of oxime groups is 1. The third-order valence-electron chi connectivity index (χ3n) is 6.04. The second-order valence-corrected chi connectivity index (χ2v) is 9.31. The number of aromatic nitrogens is 1. The number of fused-ring (bicyclic) bond motifs is 2. The Morgan fingerprint density at radius 2 is 2.12 bits per heavy atom. The van der Waals surface area contributed by atoms with E-state index < -0.39 is 11.4 Å². The first-order valence-corrected chi connectivity index (χ1v) is 11.6. The number of carbonyl (C=O) groups is 1. The molecular weight excluding hydrogens is 428 g/mol. The van der Waals surface area contributed by atoms with Crippen molar-refractivity contribution >= 4 is 33.9 Å². The zero-order valence-corrected chi connectivity index (χ0v) is 18.8. The van der Waals surface area contributed by atoms with Gasteiger partial charge in [-0.1, -0.05) is 5.16 Å². The lowest BCUT2D eigenvalue weighted by Crippen LogP contribution is -2.19. The topological polar surface area (TPSA) is 90.1 Å². The molecular formula is C24H24N2O5S. The summed E-state index contributed by atoms with van der Waals surface area (Å²) in [4.78, 5) is 32.2. The average Bonchev–Trinajstić information content (AvgIpc) is 3.55. The van der Waals surface area contributed by atoms with Crippen molar-refractivity contribution in [1.29, 1.82) is 0 Å². The van der Waals surface area contributed by atoms with E-state index >= 15 is 0 Å². The van der Waals surface area contributed by atoms with Crippen molar-refractivity contribution in [3.8, 4) is 16.2 Å². The van der Waals surface area contributed by atoms with Gasteiger partial charge in [0.05, 0.1) is 23.7 Å². The van der Waals surface area contributed by atoms with Gasteiger partial charge in [-0.3, -0.25) is 4.79 Å². The minimum atomic E-state index is -1.20. The molecule has 0 amide bonds. The zero-order chi connectivity index (χ0) is 22.4. The van der Waals surface area contributed by atoms with E-state index in [1.54, 1.807) is 24.5 Å². The molecule has 0 atom stereocenters. The smallest absolute Gasteiger partial charge is 0.341 e. The molecule has 2 heterocycles. The number of ether oxygens (including phenoxy) is 1. The molecule has 0 spiro atoms. The normalized spacial score (nSPS) is 16.9. The highest BCUT2D eigenvalue weighted by molar-refractivity contribution is 7.15. The summed E-state index contributed by atoms with van der Waals surface area (Å²) in [6, 6.07) is 5.98. The lowest BCUT2D eigenvalue weighted by atomic mass is 9.96. The summed E-state index contributed by atoms with van der Waals surface area (Å²) >= 11 is 1.74. The number of pyridine rings is 1. The van der Waals surface area contributed by atoms with Crippen LogP contribution < -0.4 is 10.2 Å². The van der Waals surface area contributed by atoms with Crippen LogP contribution in [0.3, 0.4) is 0 Å². The average molecular weight is 453 g/mol. The number of thiophene rings is 1. The van der Waals surface area contributed by atoms with Crippen LogP contribution in [0.1, 0.15) is 53.0 Å². The van der Waals surface area contributed by atoms with Crippen LogP contribution in [0, 0.1) is 0 Å². The Kier molecular flexibility index (Phi) is 5.25. The predicted molar refractivity (Wildman–Crippen MR) is 124 cm³/mol. The second kappa shape index (κ2) is 8.09. The molecule has 1 fully saturated rings. The van der Waals surface area contributed by atoms with Gasteiger partial charge in [0.2, 0.25) is 5.43 Å². The third-order valence-corrected chi connectivity index (χ3v) is 7.31. The zero-order valence-electron chi connectivity index (χ0n) is 18.0. The minimum absolute atomic E-state index is 0.189. The Bertz CT molecular complexity index is 1320. The first-order chi connectivity index (χ1) is 15.5. The summed E-state index contributed by atoms with van der Waals surface area (Å²) < 4.78 is 7.77. The predicted octanol–water partition coefficient (Wildman–Crippen LogP) is 4.65. The van der Waals surface area contributed by atoms with E-state index in [0.717, 1.165) is 48.3 Å². The van der Waals surface area contributed by atoms with Crippen LogP contribution in [-0.4, -0.2) is 35.1 Å². The van der Waals surface area contributed by atoms with E-state index in [-0.39, 0.29) is 11.6 Å². The van der Waals surface area contributed by atoms with Crippen molar-refractivity contribution in [3.63, 3.8) is 0 Å². The Hall–Kier alpha value is -3.13. The molecule has 1 saturated carbocycles. The van der Waals surface area contributed by atoms with Gasteiger partial charge in [-0.15, -0.1) is 11.3 Å². The molecule has 2 aliphatic carbocycles. The molecule has 1 aromatic carbocycles. The van der Waals surface area contributed by atoms with Gasteiger partial charge >= 0.3 is 5.97 Å². The van der Waals surface area contributed by atoms with Gasteiger partial charge in [-0.2, -0.15) is 0 Å². The molecule has 2 aliphatic rings. The Labute approximate surface area is 188 Å². The quantitative estimate of drug-likeness (QED) is 0.550. The van der Waals surface area contributed by atoms with Gasteiger partial charge in [-0.25, -0.2) is 4.79 Å². The number of carboxylic acid groups (broad SMARTS) is 1. The molecule has 32 heavy (non-hydrogen) atoms. The molecule has 1 N–H and O–H groups in total. The van der Waals surface area contributed by atoms with E-state index in [1.807, 2.05) is 17.6 Å². The molecule has 0 saturated heterocycles. The number of methoxy groups -OCH3 is 1. The maximum atomic E-state index is 12.9. The summed E-state index contributed by atoms with van der Waals surface area (Å²) in [6.07, 6.45) is 5.99. The first kappa shape index (κ1) is 20.8. The number of rotatable bonds is 6. The van der Waals surface area contributed by atoms with Crippen molar-refractivity contribution in [2.24, 2.45) is 5.16 Å². The van der Waals surface area contributed by atoms with Crippen LogP contribution >= 0.6 is 11.3 Å². The molecule has 5 rings (SSSR count). The number of nitrogens with zero attached hydrogens (tertiary/aromatic N) is 2. The lowest BCUT2D eigenvalue weighted by molar-refractivity contribution is 0.0695. The standard InChI is InChI=1S/C24H24N2O5S/c1-3-31-25-14-4-9-19-13(10-14)11-20(32-19)16-7-8-17-21(23(16)30-2)26(15-5-6-15)12-18(22(17)27)24(28)29/h7-8,11-12,15H,3-6,9-10H2,1-2H3,(H,28,29)/b25-14+. The summed E-state index contributed by atoms with van der Waals surface area (Å²) in [5.74, 6) is -0.588. The van der Waals surface area contributed by atoms with Gasteiger partial charge in [0, 0.05) is 34.0 Å². The molecule has 0 radical (unpaired) electrons. The van der Waals surface area contributed by atoms with Crippen LogP contribution in [0.25, 0.3) is 21.3 Å². The number of carboxylic acids is 1. The van der Waals surface area contributed by atoms with Crippen LogP contribution in [-0.2, 0) is 17.7 Å². The highest BCUT2D eigenvalue weighted by atomic mass is 32.1. The Morgan fingerprint density at radius 1 is 1.31 bits per heavy atom. The van der Waals surface area contributed by atoms with Crippen molar-refractivity contribution in [2.45, 2.75) is 45.1 Å². The van der Waals surface area contributed by atoms with E-state index in [2.05, 4.69) is 11.2 Å². The Balaban J connectivity index is 1.66. The SMILES string of the molecule is CCO/N=C1\CCc2sc(-c3ccc4c(=O)c(C(=O)O)cn(C5CC5)c4c3OC)cc2C1. The van der Waals surface area contributed by atoms with Crippen molar-refractivity contribution < 1.29 is 19.5 Å². The summed E-state index contributed by atoms with van der Waals surface area (Å²) in [7, 11) is 1.60. The number of benzene rings is 1. The number of hydrogen-bond acceptors (Lipinski definition) is 6. The molecule has 166 valence electrons. The lowest BCUT2D eigenvalue weighted by Gasteiger charge is -2.17. The monoisotopic (exact) mass is 452 g/mol. The summed E-state index contributed by atoms with van der Waals surface area (Å²) in [6.45, 7) is 2.49. The van der Waals surface area contributed by atoms with Crippen LogP contribution in [0.4, 0.5) is 0 Å². The van der Waals surface area contributed by atoms with Crippen LogP contribution in [0.5, 0.6) is 5.75 Å². The summed E-state index contributed by atoms with van der Waals surface area (Å²) in [5.41, 5.74) is 3.21. The van der Waals surface area contributed by atoms with E-state index in [9.17, 15) is 14.7 Å². The van der Waals surface area contributed by atoms with Crippen LogP contribution in [0.2, 0.25) is 0 Å². The fourth-order valence-electron chi connectivity index (χ4n) is 4.37. The van der Waals surface area contributed by atoms with Crippen molar-refractivity contribution in [2.75, 3.05) is 13.7 Å². The molecule has 2 aromatic heterocycles. The fourth-order valence-corrected chi connectivity index (χ4v) is 5.58. The maximum absolute atomic E-state index is 12.9. The number of hydrogen-bond donors (Lipinski definition) is 1. The van der Waals surface area contributed by atoms with E-state index in [0.29, 0.717) is 23.3 Å². The third kappa shape index (κ3) is 3.48. The van der Waals surface area contributed by atoms with Gasteiger partial charge in [0.1, 0.15) is 12.2 Å². The van der Waals surface area contributed by atoms with E-state index in [4.69, 9.17) is 9.57 Å². The molecule has 0 unspecified atom stereocenters. The van der Waals surface area contributed by atoms with Gasteiger partial charge in [-0.05, 0) is 56.4 Å². The van der Waals surface area contributed by atoms with Crippen LogP contribution in [0.15, 0.2) is 34.3 Å². The molecule has 3 aromatic rings. The molecule has 0 bridgehead atoms. The number of aromatic carboxylic acids is 1. The van der Waals surface area contributed by atoms with E-state index in [1.165, 1.54) is 16.6 Å². The number of aryl methyl sites for hydroxylation is 1. The van der Waals surface area contributed by atoms with Crippen molar-refractivity contribution in [3.05, 3.63) is 50.6 Å². The van der Waals surface area contributed by atoms with Gasteiger partial charge in [0.25, 0.3) is 0 Å². The van der Waals surface area contributed by atoms with Crippen molar-refractivity contribution in [1.82, 2.24) is 4.57 Å². The highest BCUT2D eigenvalue weighted by Crippen LogP contribution is 2.45. The minimum Gasteiger partial charge on any atom is -0.494 e. The fraction of sp³-hybridized carbons (Fsp3) is 0.375. The molecule has 7 nitrogen and oxygen atoms in total. The van der Waals surface area contributed by atoms with Gasteiger partial charge in [0.15, 0.2) is 5.75 Å². The summed E-state index contributed by atoms with van der Waals surface area (Å²) in [5, 5.41) is 14.1. The largest absolute Gasteiger partial charge is 0.494 e. The first-order valence-electron chi connectivity index (χ1n) is 10.8. The Morgan fingerprint density at radius 3 is 2.81 bits per heavy atom. The molecule has 8 heteroatoms. The molecule has 0 aliphatic heterocycles. The highest BCUT2D eigenvalue weighted by Gasteiger charge is 2.29. The van der Waals surface area contributed by atoms with Gasteiger partial charge < -0.3 is 19.2 Å².